The largest absolute Gasteiger partial charge is 0.367 e. The zero-order valence-electron chi connectivity index (χ0n) is 17.4. The first kappa shape index (κ1) is 20.9. The molecule has 2 aromatic heterocycles. The number of aromatic nitrogens is 2. The van der Waals surface area contributed by atoms with Gasteiger partial charge in [-0.15, -0.1) is 0 Å². The Kier molecular flexibility index (Phi) is 6.38. The van der Waals surface area contributed by atoms with E-state index in [0.29, 0.717) is 11.7 Å². The number of sulfonamides is 1. The van der Waals surface area contributed by atoms with Gasteiger partial charge in [-0.25, -0.2) is 18.4 Å². The van der Waals surface area contributed by atoms with Crippen LogP contribution in [0.2, 0.25) is 0 Å². The maximum atomic E-state index is 11.8. The fourth-order valence-electron chi connectivity index (χ4n) is 4.12. The molecule has 0 spiro atoms. The summed E-state index contributed by atoms with van der Waals surface area (Å²) < 4.78 is 26.3. The average Bonchev–Trinajstić information content (AvgIpc) is 2.74. The van der Waals surface area contributed by atoms with Crippen LogP contribution in [0.1, 0.15) is 32.1 Å². The number of hydrogen-bond donors (Lipinski definition) is 3. The van der Waals surface area contributed by atoms with Gasteiger partial charge >= 0.3 is 0 Å². The third kappa shape index (κ3) is 5.60. The van der Waals surface area contributed by atoms with Gasteiger partial charge in [0.25, 0.3) is 0 Å². The molecule has 0 unspecified atom stereocenters. The number of hydrogen-bond acceptors (Lipinski definition) is 7. The zero-order valence-corrected chi connectivity index (χ0v) is 18.2. The van der Waals surface area contributed by atoms with Crippen LogP contribution in [0.5, 0.6) is 0 Å². The fourth-order valence-corrected chi connectivity index (χ4v) is 4.66. The van der Waals surface area contributed by atoms with Crippen molar-refractivity contribution in [2.45, 2.75) is 38.1 Å². The van der Waals surface area contributed by atoms with Gasteiger partial charge < -0.3 is 15.5 Å². The lowest BCUT2D eigenvalue weighted by molar-refractivity contribution is 0.462. The van der Waals surface area contributed by atoms with Gasteiger partial charge in [-0.05, 0) is 31.0 Å². The van der Waals surface area contributed by atoms with Gasteiger partial charge in [-0.1, -0.05) is 19.3 Å². The molecule has 30 heavy (non-hydrogen) atoms. The number of anilines is 3. The molecule has 0 aromatic carbocycles. The number of piperazine rings is 1. The van der Waals surface area contributed by atoms with Crippen LogP contribution in [0.4, 0.5) is 17.3 Å². The SMILES string of the molecule is CS(=O)(=O)Nc1cc(-c2ccnc(NC3CCCCC3)c2)nc(N2CCNCC2)c1. The second-order valence-electron chi connectivity index (χ2n) is 8.12. The highest BCUT2D eigenvalue weighted by atomic mass is 32.2. The summed E-state index contributed by atoms with van der Waals surface area (Å²) in [6.45, 7) is 3.43. The normalized spacial score (nSPS) is 18.2. The Morgan fingerprint density at radius 3 is 2.60 bits per heavy atom. The zero-order chi connectivity index (χ0) is 21.0. The molecule has 3 N–H and O–H groups in total. The average molecular weight is 431 g/mol. The molecular weight excluding hydrogens is 400 g/mol. The van der Waals surface area contributed by atoms with E-state index in [9.17, 15) is 8.42 Å². The highest BCUT2D eigenvalue weighted by molar-refractivity contribution is 7.92. The Labute approximate surface area is 178 Å². The third-order valence-electron chi connectivity index (χ3n) is 5.57. The van der Waals surface area contributed by atoms with E-state index < -0.39 is 10.0 Å². The van der Waals surface area contributed by atoms with E-state index in [1.165, 1.54) is 32.1 Å². The van der Waals surface area contributed by atoms with Gasteiger partial charge in [0, 0.05) is 50.0 Å². The van der Waals surface area contributed by atoms with Crippen LogP contribution in [0.15, 0.2) is 30.5 Å². The molecule has 1 aliphatic heterocycles. The monoisotopic (exact) mass is 430 g/mol. The third-order valence-corrected chi connectivity index (χ3v) is 6.18. The Morgan fingerprint density at radius 1 is 1.10 bits per heavy atom. The van der Waals surface area contributed by atoms with Crippen molar-refractivity contribution in [3.63, 3.8) is 0 Å². The highest BCUT2D eigenvalue weighted by Crippen LogP contribution is 2.28. The Bertz CT molecular complexity index is 969. The first-order valence-corrected chi connectivity index (χ1v) is 12.5. The second-order valence-corrected chi connectivity index (χ2v) is 9.87. The molecule has 8 nitrogen and oxygen atoms in total. The van der Waals surface area contributed by atoms with Crippen molar-refractivity contribution < 1.29 is 8.42 Å². The minimum Gasteiger partial charge on any atom is -0.367 e. The lowest BCUT2D eigenvalue weighted by Gasteiger charge is -2.29. The number of nitrogens with zero attached hydrogens (tertiary/aromatic N) is 3. The summed E-state index contributed by atoms with van der Waals surface area (Å²) in [5, 5.41) is 6.89. The molecule has 2 fully saturated rings. The van der Waals surface area contributed by atoms with E-state index in [2.05, 4.69) is 25.2 Å². The quantitative estimate of drug-likeness (QED) is 0.648. The maximum absolute atomic E-state index is 11.8. The summed E-state index contributed by atoms with van der Waals surface area (Å²) in [4.78, 5) is 11.5. The molecule has 3 heterocycles. The minimum atomic E-state index is -3.38. The van der Waals surface area contributed by atoms with Crippen molar-refractivity contribution in [3.8, 4) is 11.3 Å². The van der Waals surface area contributed by atoms with Crippen LogP contribution < -0.4 is 20.3 Å². The van der Waals surface area contributed by atoms with Gasteiger partial charge in [-0.3, -0.25) is 4.72 Å². The standard InChI is InChI=1S/C21H30N6O2S/c1-30(28,29)26-18-14-19(25-21(15-18)27-11-9-22-10-12-27)16-7-8-23-20(13-16)24-17-5-3-2-4-6-17/h7-8,13-15,17,22H,2-6,9-12H2,1H3,(H,23,24)(H,25,26). The van der Waals surface area contributed by atoms with Crippen LogP contribution in [0.3, 0.4) is 0 Å². The first-order chi connectivity index (χ1) is 14.5. The van der Waals surface area contributed by atoms with E-state index in [-0.39, 0.29) is 0 Å². The highest BCUT2D eigenvalue weighted by Gasteiger charge is 2.17. The van der Waals surface area contributed by atoms with E-state index >= 15 is 0 Å². The van der Waals surface area contributed by atoms with Gasteiger partial charge in [0.05, 0.1) is 17.6 Å². The lowest BCUT2D eigenvalue weighted by Crippen LogP contribution is -2.43. The van der Waals surface area contributed by atoms with Gasteiger partial charge in [-0.2, -0.15) is 0 Å². The van der Waals surface area contributed by atoms with Crippen molar-refractivity contribution in [3.05, 3.63) is 30.5 Å². The van der Waals surface area contributed by atoms with Crippen LogP contribution >= 0.6 is 0 Å². The molecule has 1 aliphatic carbocycles. The predicted molar refractivity (Wildman–Crippen MR) is 122 cm³/mol. The molecule has 162 valence electrons. The molecule has 0 amide bonds. The topological polar surface area (TPSA) is 99.2 Å². The van der Waals surface area contributed by atoms with Gasteiger partial charge in [0.2, 0.25) is 10.0 Å². The molecular formula is C21H30N6O2S. The Balaban J connectivity index is 1.64. The molecule has 1 saturated carbocycles. The van der Waals surface area contributed by atoms with Crippen LogP contribution in [0.25, 0.3) is 11.3 Å². The molecule has 0 atom stereocenters. The molecule has 1 saturated heterocycles. The van der Waals surface area contributed by atoms with E-state index in [0.717, 1.165) is 55.3 Å². The summed E-state index contributed by atoms with van der Waals surface area (Å²) in [5.74, 6) is 1.62. The van der Waals surface area contributed by atoms with Crippen LogP contribution in [-0.4, -0.2) is 56.9 Å². The summed E-state index contributed by atoms with van der Waals surface area (Å²) in [5.41, 5.74) is 2.16. The smallest absolute Gasteiger partial charge is 0.229 e. The number of nitrogens with one attached hydrogen (secondary N) is 3. The maximum Gasteiger partial charge on any atom is 0.229 e. The molecule has 9 heteroatoms. The Hall–Kier alpha value is -2.39. The lowest BCUT2D eigenvalue weighted by atomic mass is 9.95. The first-order valence-electron chi connectivity index (χ1n) is 10.6. The molecule has 0 radical (unpaired) electrons. The van der Waals surface area contributed by atoms with Crippen LogP contribution in [0, 0.1) is 0 Å². The fraction of sp³-hybridized carbons (Fsp3) is 0.524. The van der Waals surface area contributed by atoms with Gasteiger partial charge in [0.15, 0.2) is 0 Å². The van der Waals surface area contributed by atoms with E-state index in [1.54, 1.807) is 18.3 Å². The summed E-state index contributed by atoms with van der Waals surface area (Å²) >= 11 is 0. The van der Waals surface area contributed by atoms with Crippen molar-refractivity contribution in [2.24, 2.45) is 0 Å². The molecule has 2 aromatic rings. The van der Waals surface area contributed by atoms with Crippen molar-refractivity contribution in [2.75, 3.05) is 47.4 Å². The van der Waals surface area contributed by atoms with Crippen molar-refractivity contribution in [1.82, 2.24) is 15.3 Å². The number of rotatable bonds is 6. The molecule has 4 rings (SSSR count). The van der Waals surface area contributed by atoms with Crippen molar-refractivity contribution >= 4 is 27.3 Å². The molecule has 0 bridgehead atoms. The van der Waals surface area contributed by atoms with Gasteiger partial charge in [0.1, 0.15) is 11.6 Å². The predicted octanol–water partition coefficient (Wildman–Crippen LogP) is 2.67. The van der Waals surface area contributed by atoms with E-state index in [4.69, 9.17) is 4.98 Å². The minimum absolute atomic E-state index is 0.462. The molecule has 2 aliphatic rings. The van der Waals surface area contributed by atoms with Crippen LogP contribution in [-0.2, 0) is 10.0 Å². The summed E-state index contributed by atoms with van der Waals surface area (Å²) in [6, 6.07) is 7.97. The second kappa shape index (κ2) is 9.18. The Morgan fingerprint density at radius 2 is 1.87 bits per heavy atom. The van der Waals surface area contributed by atoms with Crippen molar-refractivity contribution in [1.29, 1.82) is 0 Å². The van der Waals surface area contributed by atoms with E-state index in [1.807, 2.05) is 12.1 Å². The number of pyridine rings is 2. The summed E-state index contributed by atoms with van der Waals surface area (Å²) in [7, 11) is -3.38. The summed E-state index contributed by atoms with van der Waals surface area (Å²) in [6.07, 6.45) is 9.11.